The lowest BCUT2D eigenvalue weighted by molar-refractivity contribution is -0.0281. The summed E-state index contributed by atoms with van der Waals surface area (Å²) in [7, 11) is 3.43. The molecule has 0 fully saturated rings. The standard InChI is InChI=1S/C19H32ClN3O2/c1-7-13-19(4,22-17(8-2)24-6)23-18(14(3)25-21-5)15-9-11-16(20)12-10-15/h9-12,14,18,21,23H,7-8,13H2,1-6H3. The molecule has 0 amide bonds. The molecule has 2 N–H and O–H groups in total. The zero-order valence-corrected chi connectivity index (χ0v) is 17.0. The minimum atomic E-state index is -0.453. The number of halogens is 1. The van der Waals surface area contributed by atoms with Gasteiger partial charge in [0.2, 0.25) is 0 Å². The second kappa shape index (κ2) is 10.8. The average molecular weight is 370 g/mol. The first-order valence-corrected chi connectivity index (χ1v) is 9.25. The minimum Gasteiger partial charge on any atom is -0.484 e. The third-order valence-electron chi connectivity index (χ3n) is 4.12. The molecule has 3 unspecified atom stereocenters. The molecule has 0 heterocycles. The van der Waals surface area contributed by atoms with Gasteiger partial charge in [-0.15, -0.1) is 0 Å². The minimum absolute atomic E-state index is 0.0556. The topological polar surface area (TPSA) is 54.9 Å². The molecule has 1 aromatic rings. The van der Waals surface area contributed by atoms with E-state index in [0.29, 0.717) is 5.02 Å². The quantitative estimate of drug-likeness (QED) is 0.362. The number of nitrogens with one attached hydrogen (secondary N) is 2. The zero-order valence-electron chi connectivity index (χ0n) is 16.2. The lowest BCUT2D eigenvalue weighted by Crippen LogP contribution is -2.48. The Hall–Kier alpha value is -1.14. The van der Waals surface area contributed by atoms with Crippen LogP contribution in [0.25, 0.3) is 0 Å². The Balaban J connectivity index is 3.18. The van der Waals surface area contributed by atoms with E-state index < -0.39 is 5.66 Å². The predicted octanol–water partition coefficient (Wildman–Crippen LogP) is 4.48. The summed E-state index contributed by atoms with van der Waals surface area (Å²) in [4.78, 5) is 10.5. The van der Waals surface area contributed by atoms with Crippen LogP contribution in [0.4, 0.5) is 0 Å². The molecule has 0 aliphatic carbocycles. The molecule has 0 aromatic heterocycles. The second-order valence-electron chi connectivity index (χ2n) is 6.29. The zero-order chi connectivity index (χ0) is 18.9. The van der Waals surface area contributed by atoms with Gasteiger partial charge in [-0.1, -0.05) is 44.0 Å². The van der Waals surface area contributed by atoms with Crippen molar-refractivity contribution in [3.05, 3.63) is 34.9 Å². The van der Waals surface area contributed by atoms with Crippen LogP contribution < -0.4 is 10.8 Å². The van der Waals surface area contributed by atoms with E-state index in [1.54, 1.807) is 14.2 Å². The first-order chi connectivity index (χ1) is 11.9. The van der Waals surface area contributed by atoms with Gasteiger partial charge in [0.1, 0.15) is 5.66 Å². The number of hydroxylamine groups is 1. The van der Waals surface area contributed by atoms with Crippen molar-refractivity contribution in [2.75, 3.05) is 14.2 Å². The molecule has 1 rings (SSSR count). The molecular weight excluding hydrogens is 338 g/mol. The van der Waals surface area contributed by atoms with Crippen LogP contribution in [0.15, 0.2) is 29.3 Å². The van der Waals surface area contributed by atoms with Crippen LogP contribution in [0, 0.1) is 0 Å². The fourth-order valence-electron chi connectivity index (χ4n) is 2.92. The van der Waals surface area contributed by atoms with E-state index in [4.69, 9.17) is 26.2 Å². The third kappa shape index (κ3) is 6.94. The Morgan fingerprint density at radius 3 is 2.40 bits per heavy atom. The summed E-state index contributed by atoms with van der Waals surface area (Å²) in [6.07, 6.45) is 2.54. The first-order valence-electron chi connectivity index (χ1n) is 8.87. The normalized spacial score (nSPS) is 17.0. The number of nitrogens with zero attached hydrogens (tertiary/aromatic N) is 1. The van der Waals surface area contributed by atoms with E-state index >= 15 is 0 Å². The van der Waals surface area contributed by atoms with Gasteiger partial charge < -0.3 is 4.74 Å². The number of aliphatic imine (C=N–C) groups is 1. The van der Waals surface area contributed by atoms with E-state index in [0.717, 1.165) is 30.7 Å². The fourth-order valence-corrected chi connectivity index (χ4v) is 3.05. The SMILES string of the molecule is CCCC(C)(N=C(CC)OC)NC(c1ccc(Cl)cc1)C(C)ONC. The number of hydrogen-bond donors (Lipinski definition) is 2. The molecule has 1 aromatic carbocycles. The largest absolute Gasteiger partial charge is 0.484 e. The van der Waals surface area contributed by atoms with Gasteiger partial charge >= 0.3 is 0 Å². The highest BCUT2D eigenvalue weighted by Gasteiger charge is 2.31. The Bertz CT molecular complexity index is 530. The molecule has 0 aliphatic rings. The molecule has 142 valence electrons. The van der Waals surface area contributed by atoms with Crippen LogP contribution >= 0.6 is 11.6 Å². The lowest BCUT2D eigenvalue weighted by Gasteiger charge is -2.35. The van der Waals surface area contributed by atoms with Crippen molar-refractivity contribution in [3.63, 3.8) is 0 Å². The van der Waals surface area contributed by atoms with E-state index in [1.165, 1.54) is 0 Å². The van der Waals surface area contributed by atoms with E-state index in [2.05, 4.69) is 24.6 Å². The van der Waals surface area contributed by atoms with Crippen LogP contribution in [-0.4, -0.2) is 31.8 Å². The van der Waals surface area contributed by atoms with Gasteiger partial charge in [-0.3, -0.25) is 10.2 Å². The smallest absolute Gasteiger partial charge is 0.184 e. The highest BCUT2D eigenvalue weighted by molar-refractivity contribution is 6.30. The van der Waals surface area contributed by atoms with E-state index in [9.17, 15) is 0 Å². The van der Waals surface area contributed by atoms with Gasteiger partial charge in [-0.25, -0.2) is 10.5 Å². The summed E-state index contributed by atoms with van der Waals surface area (Å²) in [6, 6.07) is 7.76. The number of ether oxygens (including phenoxy) is 1. The average Bonchev–Trinajstić information content (AvgIpc) is 2.59. The molecular formula is C19H32ClN3O2. The number of hydrogen-bond acceptors (Lipinski definition) is 5. The Morgan fingerprint density at radius 2 is 1.92 bits per heavy atom. The van der Waals surface area contributed by atoms with Gasteiger partial charge in [-0.2, -0.15) is 0 Å². The maximum atomic E-state index is 6.04. The summed E-state index contributed by atoms with van der Waals surface area (Å²) in [5.41, 5.74) is 3.43. The molecule has 0 spiro atoms. The van der Waals surface area contributed by atoms with Crippen molar-refractivity contribution >= 4 is 17.5 Å². The molecule has 25 heavy (non-hydrogen) atoms. The van der Waals surface area contributed by atoms with E-state index in [-0.39, 0.29) is 12.1 Å². The van der Waals surface area contributed by atoms with Crippen molar-refractivity contribution < 1.29 is 9.57 Å². The molecule has 0 radical (unpaired) electrons. The molecule has 0 saturated carbocycles. The Morgan fingerprint density at radius 1 is 1.28 bits per heavy atom. The van der Waals surface area contributed by atoms with Gasteiger partial charge in [-0.05, 0) is 38.0 Å². The maximum Gasteiger partial charge on any atom is 0.184 e. The van der Waals surface area contributed by atoms with Gasteiger partial charge in [0.15, 0.2) is 5.90 Å². The molecule has 0 aliphatic heterocycles. The maximum absolute atomic E-state index is 6.04. The van der Waals surface area contributed by atoms with Gasteiger partial charge in [0.05, 0.1) is 19.3 Å². The predicted molar refractivity (Wildman–Crippen MR) is 105 cm³/mol. The molecule has 3 atom stereocenters. The van der Waals surface area contributed by atoms with Crippen LogP contribution in [0.2, 0.25) is 5.02 Å². The Kier molecular flexibility index (Phi) is 9.43. The van der Waals surface area contributed by atoms with Crippen LogP contribution in [0.1, 0.15) is 58.6 Å². The third-order valence-corrected chi connectivity index (χ3v) is 4.37. The summed E-state index contributed by atoms with van der Waals surface area (Å²) in [5, 5.41) is 4.39. The highest BCUT2D eigenvalue weighted by Crippen LogP contribution is 2.27. The van der Waals surface area contributed by atoms with Crippen LogP contribution in [0.5, 0.6) is 0 Å². The van der Waals surface area contributed by atoms with Gasteiger partial charge in [0.25, 0.3) is 0 Å². The van der Waals surface area contributed by atoms with Crippen molar-refractivity contribution in [1.82, 2.24) is 10.8 Å². The van der Waals surface area contributed by atoms with Crippen molar-refractivity contribution in [3.8, 4) is 0 Å². The summed E-state index contributed by atoms with van der Waals surface area (Å²) >= 11 is 6.04. The van der Waals surface area contributed by atoms with Crippen LogP contribution in [0.3, 0.4) is 0 Å². The summed E-state index contributed by atoms with van der Waals surface area (Å²) in [5.74, 6) is 0.737. The summed E-state index contributed by atoms with van der Waals surface area (Å²) in [6.45, 7) is 8.31. The molecule has 0 bridgehead atoms. The molecule has 6 heteroatoms. The van der Waals surface area contributed by atoms with Crippen molar-refractivity contribution in [2.45, 2.75) is 64.8 Å². The van der Waals surface area contributed by atoms with E-state index in [1.807, 2.05) is 38.1 Å². The molecule has 0 saturated heterocycles. The van der Waals surface area contributed by atoms with Crippen LogP contribution in [-0.2, 0) is 9.57 Å². The van der Waals surface area contributed by atoms with Crippen molar-refractivity contribution in [2.24, 2.45) is 4.99 Å². The fraction of sp³-hybridized carbons (Fsp3) is 0.632. The lowest BCUT2D eigenvalue weighted by atomic mass is 9.98. The Labute approximate surface area is 157 Å². The first kappa shape index (κ1) is 21.9. The monoisotopic (exact) mass is 369 g/mol. The van der Waals surface area contributed by atoms with Crippen molar-refractivity contribution in [1.29, 1.82) is 0 Å². The molecule has 5 nitrogen and oxygen atoms in total. The highest BCUT2D eigenvalue weighted by atomic mass is 35.5. The second-order valence-corrected chi connectivity index (χ2v) is 6.72. The van der Waals surface area contributed by atoms with Gasteiger partial charge in [0, 0.05) is 18.5 Å². The number of methoxy groups -OCH3 is 1. The number of rotatable bonds is 10. The summed E-state index contributed by atoms with van der Waals surface area (Å²) < 4.78 is 5.40. The number of benzene rings is 1.